The summed E-state index contributed by atoms with van der Waals surface area (Å²) >= 11 is 1.72. The topological polar surface area (TPSA) is 71.1 Å². The highest BCUT2D eigenvalue weighted by molar-refractivity contribution is 7.18. The molecule has 2 saturated carbocycles. The molecule has 0 saturated heterocycles. The Morgan fingerprint density at radius 1 is 1.33 bits per heavy atom. The Morgan fingerprint density at radius 3 is 2.83 bits per heavy atom. The van der Waals surface area contributed by atoms with Crippen molar-refractivity contribution in [1.29, 1.82) is 0 Å². The van der Waals surface area contributed by atoms with Crippen LogP contribution >= 0.6 is 11.3 Å². The van der Waals surface area contributed by atoms with Crippen molar-refractivity contribution in [3.8, 4) is 0 Å². The van der Waals surface area contributed by atoms with Gasteiger partial charge in [0.2, 0.25) is 11.8 Å². The van der Waals surface area contributed by atoms with Gasteiger partial charge in [-0.05, 0) is 43.4 Å². The molecule has 2 fully saturated rings. The Balaban J connectivity index is 1.30. The number of hydrogen-bond donors (Lipinski definition) is 2. The molecule has 0 radical (unpaired) electrons. The molecule has 2 aromatic rings. The molecule has 126 valence electrons. The molecular weight excluding hydrogens is 322 g/mol. The van der Waals surface area contributed by atoms with Gasteiger partial charge in [0.05, 0.1) is 15.2 Å². The van der Waals surface area contributed by atoms with E-state index in [-0.39, 0.29) is 17.7 Å². The summed E-state index contributed by atoms with van der Waals surface area (Å²) in [4.78, 5) is 28.4. The first-order valence-electron chi connectivity index (χ1n) is 8.58. The van der Waals surface area contributed by atoms with Gasteiger partial charge in [0, 0.05) is 30.5 Å². The fraction of sp³-hybridized carbons (Fsp3) is 0.500. The summed E-state index contributed by atoms with van der Waals surface area (Å²) in [6, 6.07) is 5.84. The summed E-state index contributed by atoms with van der Waals surface area (Å²) in [5.74, 6) is 1.30. The molecule has 5 nitrogen and oxygen atoms in total. The van der Waals surface area contributed by atoms with Crippen LogP contribution in [0.15, 0.2) is 18.2 Å². The number of amides is 2. The van der Waals surface area contributed by atoms with Gasteiger partial charge in [-0.3, -0.25) is 9.59 Å². The predicted molar refractivity (Wildman–Crippen MR) is 95.1 cm³/mol. The number of carbonyl (C=O) groups is 2. The average Bonchev–Trinajstić information content (AvgIpc) is 3.46. The van der Waals surface area contributed by atoms with Crippen LogP contribution in [0, 0.1) is 11.8 Å². The zero-order valence-electron chi connectivity index (χ0n) is 13.7. The van der Waals surface area contributed by atoms with Gasteiger partial charge < -0.3 is 10.6 Å². The molecule has 0 bridgehead atoms. The number of benzene rings is 1. The fourth-order valence-corrected chi connectivity index (χ4v) is 4.04. The van der Waals surface area contributed by atoms with Crippen molar-refractivity contribution in [2.24, 2.45) is 11.8 Å². The summed E-state index contributed by atoms with van der Waals surface area (Å²) in [6.07, 6.45) is 3.75. The van der Waals surface area contributed by atoms with E-state index in [1.807, 2.05) is 18.2 Å². The second kappa shape index (κ2) is 6.16. The molecule has 24 heavy (non-hydrogen) atoms. The van der Waals surface area contributed by atoms with Crippen LogP contribution in [-0.4, -0.2) is 23.3 Å². The van der Waals surface area contributed by atoms with Crippen molar-refractivity contribution in [1.82, 2.24) is 10.3 Å². The first kappa shape index (κ1) is 15.6. The van der Waals surface area contributed by atoms with Gasteiger partial charge in [-0.25, -0.2) is 4.98 Å². The van der Waals surface area contributed by atoms with Gasteiger partial charge in [-0.15, -0.1) is 11.3 Å². The minimum Gasteiger partial charge on any atom is -0.355 e. The maximum Gasteiger partial charge on any atom is 0.226 e. The lowest BCUT2D eigenvalue weighted by atomic mass is 10.2. The fourth-order valence-electron chi connectivity index (χ4n) is 2.87. The van der Waals surface area contributed by atoms with Crippen molar-refractivity contribution in [2.75, 3.05) is 11.9 Å². The molecule has 1 aromatic heterocycles. The first-order chi connectivity index (χ1) is 11.6. The van der Waals surface area contributed by atoms with Gasteiger partial charge in [-0.2, -0.15) is 0 Å². The third-order valence-corrected chi connectivity index (χ3v) is 5.89. The summed E-state index contributed by atoms with van der Waals surface area (Å²) in [5, 5.41) is 6.95. The van der Waals surface area contributed by atoms with Crippen molar-refractivity contribution in [3.63, 3.8) is 0 Å². The number of thiazole rings is 1. The van der Waals surface area contributed by atoms with E-state index in [1.165, 1.54) is 17.8 Å². The number of rotatable bonds is 6. The molecule has 1 aromatic carbocycles. The lowest BCUT2D eigenvalue weighted by molar-refractivity contribution is -0.122. The molecule has 2 amide bonds. The SMILES string of the molecule is C[C@@H]1C[C@H]1C(=O)NCCC(=O)Nc1ccc2nc(C3CC3)sc2c1. The second-order valence-corrected chi connectivity index (χ2v) is 7.98. The quantitative estimate of drug-likeness (QED) is 0.845. The second-order valence-electron chi connectivity index (χ2n) is 6.92. The van der Waals surface area contributed by atoms with E-state index < -0.39 is 0 Å². The number of hydrogen-bond acceptors (Lipinski definition) is 4. The maximum atomic E-state index is 12.0. The first-order valence-corrected chi connectivity index (χ1v) is 9.40. The van der Waals surface area contributed by atoms with Crippen molar-refractivity contribution in [3.05, 3.63) is 23.2 Å². The highest BCUT2D eigenvalue weighted by Crippen LogP contribution is 2.43. The molecular formula is C18H21N3O2S. The molecule has 0 spiro atoms. The number of carbonyl (C=O) groups excluding carboxylic acids is 2. The molecule has 2 atom stereocenters. The Labute approximate surface area is 144 Å². The van der Waals surface area contributed by atoms with Crippen LogP contribution < -0.4 is 10.6 Å². The van der Waals surface area contributed by atoms with E-state index in [4.69, 9.17) is 0 Å². The lowest BCUT2D eigenvalue weighted by Gasteiger charge is -2.06. The van der Waals surface area contributed by atoms with E-state index in [1.54, 1.807) is 11.3 Å². The predicted octanol–water partition coefficient (Wildman–Crippen LogP) is 3.27. The molecule has 2 aliphatic carbocycles. The molecule has 6 heteroatoms. The van der Waals surface area contributed by atoms with E-state index in [2.05, 4.69) is 22.5 Å². The average molecular weight is 343 g/mol. The summed E-state index contributed by atoms with van der Waals surface area (Å²) in [7, 11) is 0. The normalized spacial score (nSPS) is 22.4. The molecule has 0 aliphatic heterocycles. The van der Waals surface area contributed by atoms with Gasteiger partial charge in [0.25, 0.3) is 0 Å². The third-order valence-electron chi connectivity index (χ3n) is 4.71. The van der Waals surface area contributed by atoms with Gasteiger partial charge in [-0.1, -0.05) is 6.92 Å². The third kappa shape index (κ3) is 3.43. The minimum absolute atomic E-state index is 0.0778. The molecule has 0 unspecified atom stereocenters. The zero-order valence-corrected chi connectivity index (χ0v) is 14.5. The summed E-state index contributed by atoms with van der Waals surface area (Å²) in [5.41, 5.74) is 1.80. The number of anilines is 1. The standard InChI is InChI=1S/C18H21N3O2S/c1-10-8-13(10)17(23)19-7-6-16(22)20-12-4-5-14-15(9-12)24-18(21-14)11-2-3-11/h4-5,9-11,13H,2-3,6-8H2,1H3,(H,19,23)(H,20,22)/t10-,13-/m1/s1. The van der Waals surface area contributed by atoms with Crippen LogP contribution in [0.2, 0.25) is 0 Å². The number of aromatic nitrogens is 1. The van der Waals surface area contributed by atoms with Crippen molar-refractivity contribution >= 4 is 39.1 Å². The highest BCUT2D eigenvalue weighted by atomic mass is 32.1. The Bertz CT molecular complexity index is 797. The molecule has 4 rings (SSSR count). The Kier molecular flexibility index (Phi) is 4.00. The molecule has 2 aliphatic rings. The summed E-state index contributed by atoms with van der Waals surface area (Å²) in [6.45, 7) is 2.46. The van der Waals surface area contributed by atoms with Crippen LogP contribution in [0.25, 0.3) is 10.2 Å². The zero-order chi connectivity index (χ0) is 16.7. The maximum absolute atomic E-state index is 12.0. The van der Waals surface area contributed by atoms with Crippen LogP contribution in [-0.2, 0) is 9.59 Å². The number of nitrogens with zero attached hydrogens (tertiary/aromatic N) is 1. The minimum atomic E-state index is -0.0783. The Hall–Kier alpha value is -1.95. The summed E-state index contributed by atoms with van der Waals surface area (Å²) < 4.78 is 1.12. The largest absolute Gasteiger partial charge is 0.355 e. The lowest BCUT2D eigenvalue weighted by Crippen LogP contribution is -2.29. The van der Waals surface area contributed by atoms with Crippen LogP contribution in [0.1, 0.15) is 43.5 Å². The van der Waals surface area contributed by atoms with Crippen molar-refractivity contribution in [2.45, 2.75) is 38.5 Å². The van der Waals surface area contributed by atoms with Crippen molar-refractivity contribution < 1.29 is 9.59 Å². The monoisotopic (exact) mass is 343 g/mol. The van der Waals surface area contributed by atoms with Crippen LogP contribution in [0.5, 0.6) is 0 Å². The number of fused-ring (bicyclic) bond motifs is 1. The van der Waals surface area contributed by atoms with E-state index in [0.717, 1.165) is 22.3 Å². The van der Waals surface area contributed by atoms with E-state index in [9.17, 15) is 9.59 Å². The molecule has 1 heterocycles. The smallest absolute Gasteiger partial charge is 0.226 e. The van der Waals surface area contributed by atoms with Crippen LogP contribution in [0.3, 0.4) is 0 Å². The van der Waals surface area contributed by atoms with Gasteiger partial charge >= 0.3 is 0 Å². The van der Waals surface area contributed by atoms with Gasteiger partial charge in [0.1, 0.15) is 0 Å². The van der Waals surface area contributed by atoms with E-state index >= 15 is 0 Å². The van der Waals surface area contributed by atoms with Gasteiger partial charge in [0.15, 0.2) is 0 Å². The Morgan fingerprint density at radius 2 is 2.12 bits per heavy atom. The van der Waals surface area contributed by atoms with Crippen LogP contribution in [0.4, 0.5) is 5.69 Å². The van der Waals surface area contributed by atoms with E-state index in [0.29, 0.717) is 24.8 Å². The molecule has 2 N–H and O–H groups in total. The number of nitrogens with one attached hydrogen (secondary N) is 2. The highest BCUT2D eigenvalue weighted by Gasteiger charge is 2.38.